The molecule has 0 saturated heterocycles. The third-order valence-corrected chi connectivity index (χ3v) is 6.22. The Labute approximate surface area is 177 Å². The van der Waals surface area contributed by atoms with Gasteiger partial charge in [0, 0.05) is 12.0 Å². The van der Waals surface area contributed by atoms with Gasteiger partial charge in [0.25, 0.3) is 0 Å². The lowest BCUT2D eigenvalue weighted by molar-refractivity contribution is -0.115. The number of hydrogen-bond donors (Lipinski definition) is 1. The van der Waals surface area contributed by atoms with Crippen LogP contribution in [0.1, 0.15) is 57.8 Å². The molecule has 1 aliphatic rings. The number of phenolic OH excluding ortho intramolecular Hbond substituents is 1. The van der Waals surface area contributed by atoms with Gasteiger partial charge in [-0.25, -0.2) is 0 Å². The van der Waals surface area contributed by atoms with Crippen molar-refractivity contribution in [3.05, 3.63) is 88.5 Å². The maximum Gasteiger partial charge on any atom is 0.228 e. The van der Waals surface area contributed by atoms with Crippen LogP contribution in [0.2, 0.25) is 0 Å². The van der Waals surface area contributed by atoms with Crippen molar-refractivity contribution in [1.29, 1.82) is 0 Å². The first-order valence-electron chi connectivity index (χ1n) is 10.5. The summed E-state index contributed by atoms with van der Waals surface area (Å²) in [6.45, 7) is 4.04. The van der Waals surface area contributed by atoms with E-state index in [1.165, 1.54) is 5.56 Å². The Balaban J connectivity index is 1.54. The second-order valence-electron chi connectivity index (χ2n) is 8.24. The maximum atomic E-state index is 12.9. The molecule has 0 heterocycles. The van der Waals surface area contributed by atoms with Crippen LogP contribution in [-0.4, -0.2) is 16.7 Å². The van der Waals surface area contributed by atoms with E-state index < -0.39 is 5.78 Å². The molecule has 0 aromatic heterocycles. The highest BCUT2D eigenvalue weighted by Crippen LogP contribution is 2.38. The van der Waals surface area contributed by atoms with Crippen molar-refractivity contribution in [2.24, 2.45) is 0 Å². The summed E-state index contributed by atoms with van der Waals surface area (Å²) in [6, 6.07) is 19.1. The first-order valence-corrected chi connectivity index (χ1v) is 10.5. The summed E-state index contributed by atoms with van der Waals surface area (Å²) in [5, 5.41) is 10.1. The summed E-state index contributed by atoms with van der Waals surface area (Å²) < 4.78 is 0. The summed E-state index contributed by atoms with van der Waals surface area (Å²) in [5.74, 6) is -0.510. The van der Waals surface area contributed by atoms with Crippen molar-refractivity contribution in [2.45, 2.75) is 45.4 Å². The smallest absolute Gasteiger partial charge is 0.228 e. The summed E-state index contributed by atoms with van der Waals surface area (Å²) in [6.07, 6.45) is 2.79. The molecule has 3 aromatic carbocycles. The van der Waals surface area contributed by atoms with Crippen LogP contribution in [0.4, 0.5) is 0 Å². The molecule has 152 valence electrons. The van der Waals surface area contributed by atoms with Gasteiger partial charge >= 0.3 is 0 Å². The molecule has 0 aliphatic heterocycles. The van der Waals surface area contributed by atoms with Crippen molar-refractivity contribution < 1.29 is 14.7 Å². The van der Waals surface area contributed by atoms with Crippen LogP contribution in [0.3, 0.4) is 0 Å². The topological polar surface area (TPSA) is 54.4 Å². The number of fused-ring (bicyclic) bond motifs is 1. The molecule has 0 spiro atoms. The van der Waals surface area contributed by atoms with Crippen LogP contribution in [0.15, 0.2) is 60.7 Å². The highest BCUT2D eigenvalue weighted by atomic mass is 16.3. The lowest BCUT2D eigenvalue weighted by atomic mass is 9.79. The quantitative estimate of drug-likeness (QED) is 0.427. The van der Waals surface area contributed by atoms with Crippen molar-refractivity contribution in [2.75, 3.05) is 0 Å². The van der Waals surface area contributed by atoms with E-state index in [0.29, 0.717) is 11.3 Å². The molecule has 1 N–H and O–H groups in total. The minimum Gasteiger partial charge on any atom is -0.508 e. The van der Waals surface area contributed by atoms with E-state index in [0.717, 1.165) is 47.1 Å². The lowest BCUT2D eigenvalue weighted by Gasteiger charge is -2.25. The first-order chi connectivity index (χ1) is 14.5. The Morgan fingerprint density at radius 3 is 2.47 bits per heavy atom. The molecule has 0 radical (unpaired) electrons. The van der Waals surface area contributed by atoms with Gasteiger partial charge < -0.3 is 5.11 Å². The molecule has 30 heavy (non-hydrogen) atoms. The number of rotatable bonds is 5. The number of ketones is 2. The predicted octanol–water partition coefficient (Wildman–Crippen LogP) is 5.94. The summed E-state index contributed by atoms with van der Waals surface area (Å²) in [7, 11) is 0. The third kappa shape index (κ3) is 3.80. The molecular weight excluding hydrogens is 372 g/mol. The molecule has 1 unspecified atom stereocenters. The zero-order chi connectivity index (χ0) is 21.3. The Morgan fingerprint density at radius 1 is 0.933 bits per heavy atom. The molecule has 0 amide bonds. The molecule has 0 fully saturated rings. The van der Waals surface area contributed by atoms with E-state index >= 15 is 0 Å². The zero-order valence-electron chi connectivity index (χ0n) is 17.4. The number of aromatic hydroxyl groups is 1. The number of phenols is 1. The van der Waals surface area contributed by atoms with E-state index in [1.54, 1.807) is 12.1 Å². The molecule has 0 saturated carbocycles. The normalized spacial score (nSPS) is 15.5. The average Bonchev–Trinajstić information content (AvgIpc) is 2.74. The molecule has 1 aliphatic carbocycles. The number of hydrogen-bond acceptors (Lipinski definition) is 3. The molecule has 0 bridgehead atoms. The van der Waals surface area contributed by atoms with E-state index in [-0.39, 0.29) is 18.1 Å². The Kier molecular flexibility index (Phi) is 5.54. The van der Waals surface area contributed by atoms with Crippen LogP contribution < -0.4 is 0 Å². The predicted molar refractivity (Wildman–Crippen MR) is 119 cm³/mol. The fourth-order valence-electron chi connectivity index (χ4n) is 4.60. The van der Waals surface area contributed by atoms with Crippen molar-refractivity contribution >= 4 is 11.6 Å². The van der Waals surface area contributed by atoms with Gasteiger partial charge in [-0.05, 0) is 84.5 Å². The van der Waals surface area contributed by atoms with Gasteiger partial charge in [0.15, 0.2) is 0 Å². The third-order valence-electron chi connectivity index (χ3n) is 6.22. The minimum absolute atomic E-state index is 0.00959. The number of benzene rings is 3. The van der Waals surface area contributed by atoms with Crippen molar-refractivity contribution in [1.82, 2.24) is 0 Å². The van der Waals surface area contributed by atoms with E-state index in [9.17, 15) is 14.7 Å². The van der Waals surface area contributed by atoms with Crippen molar-refractivity contribution in [3.8, 4) is 16.9 Å². The Bertz CT molecular complexity index is 1130. The monoisotopic (exact) mass is 398 g/mol. The van der Waals surface area contributed by atoms with Gasteiger partial charge in [-0.3, -0.25) is 9.59 Å². The molecule has 4 rings (SSSR count). The second kappa shape index (κ2) is 8.27. The van der Waals surface area contributed by atoms with E-state index in [2.05, 4.69) is 19.1 Å². The minimum atomic E-state index is -0.429. The van der Waals surface area contributed by atoms with Crippen molar-refractivity contribution in [3.63, 3.8) is 0 Å². The molecule has 3 nitrogen and oxygen atoms in total. The average molecular weight is 399 g/mol. The number of carbonyl (C=O) groups is 2. The van der Waals surface area contributed by atoms with Crippen LogP contribution >= 0.6 is 0 Å². The van der Waals surface area contributed by atoms with Gasteiger partial charge in [-0.2, -0.15) is 0 Å². The highest BCUT2D eigenvalue weighted by molar-refractivity contribution is 6.43. The van der Waals surface area contributed by atoms with Gasteiger partial charge in [-0.1, -0.05) is 48.5 Å². The van der Waals surface area contributed by atoms with Gasteiger partial charge in [0.2, 0.25) is 11.6 Å². The standard InChI is InChI=1S/C27H26O3/c1-17-7-3-4-9-21(17)22-14-13-20(15-18(22)2)27(30)26(29)16-19-8-5-11-24-23(19)10-6-12-25(24)28/h3-4,6-7,9-10,12-15,19,28H,5,8,11,16H2,1-2H3. The second-order valence-corrected chi connectivity index (χ2v) is 8.24. The van der Waals surface area contributed by atoms with Gasteiger partial charge in [0.1, 0.15) is 5.75 Å². The summed E-state index contributed by atoms with van der Waals surface area (Å²) in [5.41, 5.74) is 6.75. The van der Waals surface area contributed by atoms with E-state index in [4.69, 9.17) is 0 Å². The first kappa shape index (κ1) is 20.1. The van der Waals surface area contributed by atoms with E-state index in [1.807, 2.05) is 43.3 Å². The van der Waals surface area contributed by atoms with Crippen LogP contribution in [-0.2, 0) is 11.2 Å². The SMILES string of the molecule is Cc1ccccc1-c1ccc(C(=O)C(=O)CC2CCCc3c(O)cccc32)cc1C. The van der Waals surface area contributed by atoms with Crippen LogP contribution in [0, 0.1) is 13.8 Å². The number of aryl methyl sites for hydroxylation is 2. The number of carbonyl (C=O) groups excluding carboxylic acids is 2. The lowest BCUT2D eigenvalue weighted by Crippen LogP contribution is -2.20. The Morgan fingerprint density at radius 2 is 1.70 bits per heavy atom. The zero-order valence-corrected chi connectivity index (χ0v) is 17.4. The summed E-state index contributed by atoms with van der Waals surface area (Å²) in [4.78, 5) is 25.7. The van der Waals surface area contributed by atoms with Gasteiger partial charge in [0.05, 0.1) is 0 Å². The molecule has 3 heteroatoms. The molecule has 1 atom stereocenters. The largest absolute Gasteiger partial charge is 0.508 e. The van der Waals surface area contributed by atoms with Gasteiger partial charge in [-0.15, -0.1) is 0 Å². The fourth-order valence-corrected chi connectivity index (χ4v) is 4.60. The highest BCUT2D eigenvalue weighted by Gasteiger charge is 2.27. The molecular formula is C27H26O3. The summed E-state index contributed by atoms with van der Waals surface area (Å²) >= 11 is 0. The fraction of sp³-hybridized carbons (Fsp3) is 0.259. The Hall–Kier alpha value is -3.20. The number of Topliss-reactive ketones (excluding diaryl/α,β-unsaturated/α-hetero) is 2. The maximum absolute atomic E-state index is 12.9. The van der Waals surface area contributed by atoms with Crippen LogP contribution in [0.25, 0.3) is 11.1 Å². The molecule has 3 aromatic rings. The van der Waals surface area contributed by atoms with Crippen LogP contribution in [0.5, 0.6) is 5.75 Å².